The molecule has 160 valence electrons. The molecule has 0 aromatic heterocycles. The third kappa shape index (κ3) is 6.16. The van der Waals surface area contributed by atoms with Crippen LogP contribution in [0.2, 0.25) is 0 Å². The van der Waals surface area contributed by atoms with E-state index in [0.717, 1.165) is 54.4 Å². The van der Waals surface area contributed by atoms with Gasteiger partial charge in [-0.2, -0.15) is 0 Å². The molecule has 3 amide bonds. The Morgan fingerprint density at radius 1 is 1.10 bits per heavy atom. The number of thioether (sulfide) groups is 1. The summed E-state index contributed by atoms with van der Waals surface area (Å²) in [7, 11) is 1.61. The number of methoxy groups -OCH3 is 1. The number of benzene rings is 2. The van der Waals surface area contributed by atoms with Crippen molar-refractivity contribution in [2.45, 2.75) is 30.6 Å². The molecule has 2 N–H and O–H groups in total. The van der Waals surface area contributed by atoms with Crippen molar-refractivity contribution in [2.24, 2.45) is 5.92 Å². The lowest BCUT2D eigenvalue weighted by molar-refractivity contribution is -0.116. The fourth-order valence-electron chi connectivity index (χ4n) is 3.63. The topological polar surface area (TPSA) is 70.7 Å². The highest BCUT2D eigenvalue weighted by Crippen LogP contribution is 2.27. The van der Waals surface area contributed by atoms with Gasteiger partial charge in [-0.05, 0) is 55.7 Å². The lowest BCUT2D eigenvalue weighted by Gasteiger charge is -2.32. The fraction of sp³-hybridized carbons (Fsp3) is 0.391. The Morgan fingerprint density at radius 3 is 2.60 bits per heavy atom. The molecule has 1 aliphatic heterocycles. The second-order valence-corrected chi connectivity index (χ2v) is 8.23. The number of likely N-dealkylation sites (tertiary alicyclic amines) is 1. The van der Waals surface area contributed by atoms with Gasteiger partial charge < -0.3 is 20.3 Å². The van der Waals surface area contributed by atoms with Gasteiger partial charge in [0, 0.05) is 36.2 Å². The first-order valence-corrected chi connectivity index (χ1v) is 11.4. The highest BCUT2D eigenvalue weighted by atomic mass is 32.2. The van der Waals surface area contributed by atoms with Crippen molar-refractivity contribution in [1.82, 2.24) is 4.90 Å². The van der Waals surface area contributed by atoms with Gasteiger partial charge in [-0.25, -0.2) is 4.79 Å². The van der Waals surface area contributed by atoms with Crippen LogP contribution < -0.4 is 15.4 Å². The van der Waals surface area contributed by atoms with Crippen LogP contribution >= 0.6 is 11.8 Å². The number of nitrogens with zero attached hydrogens (tertiary/aromatic N) is 1. The van der Waals surface area contributed by atoms with Crippen molar-refractivity contribution in [1.29, 1.82) is 0 Å². The fourth-order valence-corrected chi connectivity index (χ4v) is 4.18. The average molecular weight is 428 g/mol. The first-order valence-electron chi connectivity index (χ1n) is 10.2. The van der Waals surface area contributed by atoms with Crippen LogP contribution in [0.1, 0.15) is 25.7 Å². The van der Waals surface area contributed by atoms with E-state index in [9.17, 15) is 9.59 Å². The number of hydrogen-bond acceptors (Lipinski definition) is 4. The Labute approximate surface area is 182 Å². The van der Waals surface area contributed by atoms with E-state index < -0.39 is 0 Å². The number of carbonyl (C=O) groups excluding carboxylic acids is 2. The summed E-state index contributed by atoms with van der Waals surface area (Å²) in [6.07, 6.45) is 5.16. The van der Waals surface area contributed by atoms with Gasteiger partial charge >= 0.3 is 6.03 Å². The van der Waals surface area contributed by atoms with E-state index >= 15 is 0 Å². The maximum atomic E-state index is 12.6. The Kier molecular flexibility index (Phi) is 8.02. The molecular weight excluding hydrogens is 398 g/mol. The minimum Gasteiger partial charge on any atom is -0.497 e. The minimum absolute atomic E-state index is 0.0112. The molecule has 30 heavy (non-hydrogen) atoms. The van der Waals surface area contributed by atoms with E-state index in [0.29, 0.717) is 12.3 Å². The van der Waals surface area contributed by atoms with Crippen molar-refractivity contribution in [3.05, 3.63) is 48.5 Å². The monoisotopic (exact) mass is 427 g/mol. The van der Waals surface area contributed by atoms with Gasteiger partial charge in [0.25, 0.3) is 0 Å². The number of hydrogen-bond donors (Lipinski definition) is 2. The van der Waals surface area contributed by atoms with Crippen molar-refractivity contribution in [2.75, 3.05) is 37.1 Å². The molecule has 0 saturated carbocycles. The number of anilines is 2. The average Bonchev–Trinajstić information content (AvgIpc) is 2.78. The normalized spacial score (nSPS) is 14.3. The van der Waals surface area contributed by atoms with Crippen LogP contribution in [0.5, 0.6) is 5.75 Å². The number of amides is 3. The largest absolute Gasteiger partial charge is 0.497 e. The van der Waals surface area contributed by atoms with Crippen molar-refractivity contribution >= 4 is 35.1 Å². The van der Waals surface area contributed by atoms with Crippen LogP contribution in [-0.2, 0) is 4.79 Å². The molecule has 3 rings (SSSR count). The lowest BCUT2D eigenvalue weighted by atomic mass is 9.92. The molecule has 0 atom stereocenters. The smallest absolute Gasteiger partial charge is 0.321 e. The second kappa shape index (κ2) is 10.9. The number of urea groups is 1. The summed E-state index contributed by atoms with van der Waals surface area (Å²) in [5, 5.41) is 5.95. The highest BCUT2D eigenvalue weighted by molar-refractivity contribution is 7.98. The second-order valence-electron chi connectivity index (χ2n) is 7.38. The van der Waals surface area contributed by atoms with Crippen LogP contribution in [0, 0.1) is 5.92 Å². The third-order valence-electron chi connectivity index (χ3n) is 5.38. The molecule has 1 heterocycles. The van der Waals surface area contributed by atoms with Gasteiger partial charge in [-0.15, -0.1) is 11.8 Å². The van der Waals surface area contributed by atoms with E-state index in [1.165, 1.54) is 0 Å². The SMILES string of the molecule is COc1cccc(NC(=O)CCC2CCN(C(=O)Nc3ccccc3SC)CC2)c1. The molecule has 0 aliphatic carbocycles. The van der Waals surface area contributed by atoms with Crippen LogP contribution in [0.25, 0.3) is 0 Å². The molecule has 1 aliphatic rings. The zero-order chi connectivity index (χ0) is 21.3. The quantitative estimate of drug-likeness (QED) is 0.605. The van der Waals surface area contributed by atoms with Gasteiger partial charge in [-0.3, -0.25) is 4.79 Å². The summed E-state index contributed by atoms with van der Waals surface area (Å²) in [5.74, 6) is 1.19. The van der Waals surface area contributed by atoms with Crippen LogP contribution in [-0.4, -0.2) is 43.3 Å². The molecule has 0 radical (unpaired) electrons. The predicted octanol–water partition coefficient (Wildman–Crippen LogP) is 5.08. The van der Waals surface area contributed by atoms with E-state index in [1.807, 2.05) is 59.7 Å². The molecule has 7 heteroatoms. The summed E-state index contributed by atoms with van der Waals surface area (Å²) in [6, 6.07) is 15.1. The Hall–Kier alpha value is -2.67. The standard InChI is InChI=1S/C23H29N3O3S/c1-29-19-7-5-6-18(16-19)24-22(27)11-10-17-12-14-26(15-13-17)23(28)25-20-8-3-4-9-21(20)30-2/h3-9,16-17H,10-15H2,1-2H3,(H,24,27)(H,25,28). The van der Waals surface area contributed by atoms with E-state index in [2.05, 4.69) is 10.6 Å². The van der Waals surface area contributed by atoms with Gasteiger partial charge in [0.2, 0.25) is 5.91 Å². The first kappa shape index (κ1) is 22.0. The Bertz CT molecular complexity index is 866. The number of piperidine rings is 1. The summed E-state index contributed by atoms with van der Waals surface area (Å²) in [5.41, 5.74) is 1.60. The number of rotatable bonds is 7. The van der Waals surface area contributed by atoms with Crippen molar-refractivity contribution in [3.8, 4) is 5.75 Å². The number of para-hydroxylation sites is 1. The van der Waals surface area contributed by atoms with Crippen molar-refractivity contribution < 1.29 is 14.3 Å². The van der Waals surface area contributed by atoms with Crippen LogP contribution in [0.15, 0.2) is 53.4 Å². The summed E-state index contributed by atoms with van der Waals surface area (Å²) in [6.45, 7) is 1.44. The number of nitrogens with one attached hydrogen (secondary N) is 2. The van der Waals surface area contributed by atoms with E-state index in [1.54, 1.807) is 18.9 Å². The molecule has 2 aromatic carbocycles. The number of carbonyl (C=O) groups is 2. The first-order chi connectivity index (χ1) is 14.6. The molecule has 6 nitrogen and oxygen atoms in total. The summed E-state index contributed by atoms with van der Waals surface area (Å²) >= 11 is 1.62. The van der Waals surface area contributed by atoms with Crippen molar-refractivity contribution in [3.63, 3.8) is 0 Å². The predicted molar refractivity (Wildman–Crippen MR) is 122 cm³/mol. The molecule has 2 aromatic rings. The maximum Gasteiger partial charge on any atom is 0.321 e. The van der Waals surface area contributed by atoms with Gasteiger partial charge in [0.05, 0.1) is 12.8 Å². The highest BCUT2D eigenvalue weighted by Gasteiger charge is 2.23. The maximum absolute atomic E-state index is 12.6. The van der Waals surface area contributed by atoms with Gasteiger partial charge in [0.1, 0.15) is 5.75 Å². The van der Waals surface area contributed by atoms with Gasteiger partial charge in [-0.1, -0.05) is 18.2 Å². The zero-order valence-electron chi connectivity index (χ0n) is 17.5. The summed E-state index contributed by atoms with van der Waals surface area (Å²) in [4.78, 5) is 27.8. The Balaban J connectivity index is 1.40. The van der Waals surface area contributed by atoms with E-state index in [4.69, 9.17) is 4.74 Å². The third-order valence-corrected chi connectivity index (χ3v) is 6.18. The molecule has 0 unspecified atom stereocenters. The molecule has 1 saturated heterocycles. The molecular formula is C23H29N3O3S. The molecule has 1 fully saturated rings. The van der Waals surface area contributed by atoms with Crippen LogP contribution in [0.3, 0.4) is 0 Å². The van der Waals surface area contributed by atoms with Gasteiger partial charge in [0.15, 0.2) is 0 Å². The lowest BCUT2D eigenvalue weighted by Crippen LogP contribution is -2.41. The zero-order valence-corrected chi connectivity index (χ0v) is 18.3. The number of ether oxygens (including phenoxy) is 1. The Morgan fingerprint density at radius 2 is 1.87 bits per heavy atom. The van der Waals surface area contributed by atoms with Crippen LogP contribution in [0.4, 0.5) is 16.2 Å². The molecule has 0 bridgehead atoms. The summed E-state index contributed by atoms with van der Waals surface area (Å²) < 4.78 is 5.18. The minimum atomic E-state index is -0.0503. The van der Waals surface area contributed by atoms with E-state index in [-0.39, 0.29) is 11.9 Å². The molecule has 0 spiro atoms.